The maximum Gasteiger partial charge on any atom is 0.390 e. The predicted molar refractivity (Wildman–Crippen MR) is 69.1 cm³/mol. The first-order chi connectivity index (χ1) is 9.49. The molecule has 1 unspecified atom stereocenters. The minimum Gasteiger partial charge on any atom is -0.486 e. The van der Waals surface area contributed by atoms with Crippen molar-refractivity contribution < 1.29 is 22.6 Å². The van der Waals surface area contributed by atoms with Gasteiger partial charge in [0.25, 0.3) is 0 Å². The standard InChI is InChI=1S/C14H18F3NO2/c1-2-5-18-11(9-14(15,16)17)10-3-4-12-13(8-10)20-7-6-19-12/h3-4,8,11,18H,2,5-7,9H2,1H3. The maximum atomic E-state index is 12.7. The second kappa shape index (κ2) is 6.35. The largest absolute Gasteiger partial charge is 0.486 e. The van der Waals surface area contributed by atoms with Gasteiger partial charge in [-0.2, -0.15) is 13.2 Å². The molecule has 1 aliphatic rings. The van der Waals surface area contributed by atoms with Crippen molar-refractivity contribution in [3.05, 3.63) is 23.8 Å². The van der Waals surface area contributed by atoms with E-state index in [1.54, 1.807) is 18.2 Å². The number of benzene rings is 1. The van der Waals surface area contributed by atoms with Gasteiger partial charge in [-0.25, -0.2) is 0 Å². The fraction of sp³-hybridized carbons (Fsp3) is 0.571. The van der Waals surface area contributed by atoms with E-state index in [-0.39, 0.29) is 0 Å². The van der Waals surface area contributed by atoms with Crippen molar-refractivity contribution in [1.82, 2.24) is 5.32 Å². The number of rotatable bonds is 5. The Morgan fingerprint density at radius 3 is 2.55 bits per heavy atom. The van der Waals surface area contributed by atoms with Gasteiger partial charge in [0.1, 0.15) is 13.2 Å². The molecule has 0 aromatic heterocycles. The van der Waals surface area contributed by atoms with Crippen LogP contribution >= 0.6 is 0 Å². The topological polar surface area (TPSA) is 30.5 Å². The smallest absolute Gasteiger partial charge is 0.390 e. The first-order valence-electron chi connectivity index (χ1n) is 6.69. The van der Waals surface area contributed by atoms with Crippen LogP contribution in [-0.4, -0.2) is 25.9 Å². The lowest BCUT2D eigenvalue weighted by atomic mass is 10.0. The average Bonchev–Trinajstić information content (AvgIpc) is 2.41. The van der Waals surface area contributed by atoms with Gasteiger partial charge in [-0.15, -0.1) is 0 Å². The Labute approximate surface area is 116 Å². The number of ether oxygens (including phenoxy) is 2. The van der Waals surface area contributed by atoms with Gasteiger partial charge < -0.3 is 14.8 Å². The van der Waals surface area contributed by atoms with Gasteiger partial charge in [-0.3, -0.25) is 0 Å². The van der Waals surface area contributed by atoms with Crippen molar-refractivity contribution in [3.63, 3.8) is 0 Å². The normalized spacial score (nSPS) is 16.0. The van der Waals surface area contributed by atoms with Crippen molar-refractivity contribution in [3.8, 4) is 11.5 Å². The molecule has 0 aliphatic carbocycles. The summed E-state index contributed by atoms with van der Waals surface area (Å²) >= 11 is 0. The summed E-state index contributed by atoms with van der Waals surface area (Å²) in [6.45, 7) is 3.34. The summed E-state index contributed by atoms with van der Waals surface area (Å²) in [5.74, 6) is 1.10. The summed E-state index contributed by atoms with van der Waals surface area (Å²) in [5.41, 5.74) is 0.569. The molecule has 0 spiro atoms. The number of halogens is 3. The quantitative estimate of drug-likeness (QED) is 0.900. The summed E-state index contributed by atoms with van der Waals surface area (Å²) in [7, 11) is 0. The van der Waals surface area contributed by atoms with E-state index in [0.717, 1.165) is 6.42 Å². The average molecular weight is 289 g/mol. The molecule has 0 radical (unpaired) electrons. The molecule has 1 atom stereocenters. The highest BCUT2D eigenvalue weighted by atomic mass is 19.4. The molecule has 1 N–H and O–H groups in total. The second-order valence-corrected chi connectivity index (χ2v) is 4.73. The highest BCUT2D eigenvalue weighted by Crippen LogP contribution is 2.36. The Hall–Kier alpha value is -1.43. The number of nitrogens with one attached hydrogen (secondary N) is 1. The van der Waals surface area contributed by atoms with Crippen LogP contribution in [0.2, 0.25) is 0 Å². The number of alkyl halides is 3. The molecule has 2 rings (SSSR count). The van der Waals surface area contributed by atoms with Crippen molar-refractivity contribution in [2.45, 2.75) is 32.0 Å². The van der Waals surface area contributed by atoms with Gasteiger partial charge in [0, 0.05) is 6.04 Å². The first-order valence-corrected chi connectivity index (χ1v) is 6.69. The van der Waals surface area contributed by atoms with Gasteiger partial charge >= 0.3 is 6.18 Å². The van der Waals surface area contributed by atoms with E-state index in [0.29, 0.717) is 36.8 Å². The van der Waals surface area contributed by atoms with Crippen LogP contribution in [-0.2, 0) is 0 Å². The molecule has 112 valence electrons. The molecule has 0 amide bonds. The van der Waals surface area contributed by atoms with Crippen LogP contribution in [0.25, 0.3) is 0 Å². The van der Waals surface area contributed by atoms with Gasteiger partial charge in [0.2, 0.25) is 0 Å². The summed E-state index contributed by atoms with van der Waals surface area (Å²) in [6, 6.07) is 4.20. The second-order valence-electron chi connectivity index (χ2n) is 4.73. The Morgan fingerprint density at radius 1 is 1.20 bits per heavy atom. The Morgan fingerprint density at radius 2 is 1.90 bits per heavy atom. The predicted octanol–water partition coefficient (Wildman–Crippen LogP) is 3.45. The Kier molecular flexibility index (Phi) is 4.75. The third kappa shape index (κ3) is 4.03. The van der Waals surface area contributed by atoms with Crippen LogP contribution in [0.4, 0.5) is 13.2 Å². The van der Waals surface area contributed by atoms with E-state index < -0.39 is 18.6 Å². The van der Waals surface area contributed by atoms with Crippen LogP contribution in [0.5, 0.6) is 11.5 Å². The van der Waals surface area contributed by atoms with Crippen LogP contribution in [0.1, 0.15) is 31.4 Å². The molecule has 1 aliphatic heterocycles. The fourth-order valence-electron chi connectivity index (χ4n) is 2.13. The van der Waals surface area contributed by atoms with Crippen LogP contribution in [0, 0.1) is 0 Å². The number of hydrogen-bond acceptors (Lipinski definition) is 3. The van der Waals surface area contributed by atoms with E-state index >= 15 is 0 Å². The van der Waals surface area contributed by atoms with E-state index in [9.17, 15) is 13.2 Å². The minimum absolute atomic E-state index is 0.419. The SMILES string of the molecule is CCCNC(CC(F)(F)F)c1ccc2c(c1)OCCO2. The first kappa shape index (κ1) is 15.0. The highest BCUT2D eigenvalue weighted by molar-refractivity contribution is 5.44. The minimum atomic E-state index is -4.21. The lowest BCUT2D eigenvalue weighted by Gasteiger charge is -2.23. The van der Waals surface area contributed by atoms with Crippen molar-refractivity contribution in [1.29, 1.82) is 0 Å². The zero-order chi connectivity index (χ0) is 14.6. The van der Waals surface area contributed by atoms with E-state index in [1.807, 2.05) is 6.92 Å². The molecule has 3 nitrogen and oxygen atoms in total. The van der Waals surface area contributed by atoms with Gasteiger partial charge in [-0.1, -0.05) is 13.0 Å². The van der Waals surface area contributed by atoms with E-state index in [1.165, 1.54) is 0 Å². The molecular weight excluding hydrogens is 271 g/mol. The number of fused-ring (bicyclic) bond motifs is 1. The Balaban J connectivity index is 2.18. The van der Waals surface area contributed by atoms with Crippen LogP contribution in [0.15, 0.2) is 18.2 Å². The highest BCUT2D eigenvalue weighted by Gasteiger charge is 2.32. The molecule has 0 bridgehead atoms. The molecule has 0 fully saturated rings. The summed E-state index contributed by atoms with van der Waals surface area (Å²) in [4.78, 5) is 0. The number of hydrogen-bond donors (Lipinski definition) is 1. The third-order valence-corrected chi connectivity index (χ3v) is 3.04. The fourth-order valence-corrected chi connectivity index (χ4v) is 2.13. The molecular formula is C14H18F3NO2. The summed E-state index contributed by atoms with van der Waals surface area (Å²) in [6.07, 6.45) is -4.33. The van der Waals surface area contributed by atoms with Crippen LogP contribution < -0.4 is 14.8 Å². The Bertz CT molecular complexity index is 449. The van der Waals surface area contributed by atoms with Gasteiger partial charge in [0.15, 0.2) is 11.5 Å². The van der Waals surface area contributed by atoms with Crippen LogP contribution in [0.3, 0.4) is 0 Å². The molecule has 0 saturated heterocycles. The van der Waals surface area contributed by atoms with E-state index in [4.69, 9.17) is 9.47 Å². The summed E-state index contributed by atoms with van der Waals surface area (Å²) in [5, 5.41) is 2.93. The van der Waals surface area contributed by atoms with Crippen molar-refractivity contribution in [2.24, 2.45) is 0 Å². The van der Waals surface area contributed by atoms with Crippen molar-refractivity contribution >= 4 is 0 Å². The summed E-state index contributed by atoms with van der Waals surface area (Å²) < 4.78 is 48.8. The molecule has 1 heterocycles. The molecule has 0 saturated carbocycles. The molecule has 1 aromatic rings. The lowest BCUT2D eigenvalue weighted by molar-refractivity contribution is -0.140. The monoisotopic (exact) mass is 289 g/mol. The third-order valence-electron chi connectivity index (χ3n) is 3.04. The van der Waals surface area contributed by atoms with Crippen molar-refractivity contribution in [2.75, 3.05) is 19.8 Å². The molecule has 20 heavy (non-hydrogen) atoms. The lowest BCUT2D eigenvalue weighted by Crippen LogP contribution is -2.27. The zero-order valence-electron chi connectivity index (χ0n) is 11.3. The van der Waals surface area contributed by atoms with Gasteiger partial charge in [0.05, 0.1) is 6.42 Å². The van der Waals surface area contributed by atoms with E-state index in [2.05, 4.69) is 5.32 Å². The molecule has 6 heteroatoms. The maximum absolute atomic E-state index is 12.7. The molecule has 1 aromatic carbocycles. The zero-order valence-corrected chi connectivity index (χ0v) is 11.3. The van der Waals surface area contributed by atoms with Gasteiger partial charge in [-0.05, 0) is 30.7 Å².